The number of hydrogen-bond acceptors (Lipinski definition) is 1. The Morgan fingerprint density at radius 1 is 1.43 bits per heavy atom. The van der Waals surface area contributed by atoms with E-state index in [0.717, 1.165) is 12.2 Å². The summed E-state index contributed by atoms with van der Waals surface area (Å²) in [5, 5.41) is 3.54. The number of nitrogens with one attached hydrogen (secondary N) is 1. The first-order chi connectivity index (χ1) is 6.56. The van der Waals surface area contributed by atoms with Gasteiger partial charge in [-0.3, -0.25) is 0 Å². The lowest BCUT2D eigenvalue weighted by molar-refractivity contribution is 0.598. The molecule has 0 fully saturated rings. The van der Waals surface area contributed by atoms with Crippen LogP contribution in [0.25, 0.3) is 0 Å². The van der Waals surface area contributed by atoms with Gasteiger partial charge in [-0.15, -0.1) is 0 Å². The lowest BCUT2D eigenvalue weighted by Crippen LogP contribution is -2.01. The van der Waals surface area contributed by atoms with Crippen molar-refractivity contribution in [3.05, 3.63) is 28.5 Å². The molecule has 0 amide bonds. The normalized spacial score (nSPS) is 10.7. The highest BCUT2D eigenvalue weighted by Gasteiger charge is 2.10. The Kier molecular flexibility index (Phi) is 3.76. The van der Waals surface area contributed by atoms with Crippen molar-refractivity contribution in [1.82, 2.24) is 0 Å². The summed E-state index contributed by atoms with van der Waals surface area (Å²) in [5.74, 6) is -0.0590. The Balaban J connectivity index is 3.13. The average molecular weight is 216 g/mol. The quantitative estimate of drug-likeness (QED) is 0.803. The highest BCUT2D eigenvalue weighted by atomic mass is 35.5. The van der Waals surface area contributed by atoms with Crippen molar-refractivity contribution >= 4 is 17.3 Å². The molecule has 1 aromatic rings. The third-order valence-electron chi connectivity index (χ3n) is 2.08. The van der Waals surface area contributed by atoms with Gasteiger partial charge in [-0.25, -0.2) is 4.39 Å². The summed E-state index contributed by atoms with van der Waals surface area (Å²) in [7, 11) is 0. The lowest BCUT2D eigenvalue weighted by atomic mass is 10.0. The van der Waals surface area contributed by atoms with Crippen molar-refractivity contribution in [2.24, 2.45) is 0 Å². The molecule has 0 aliphatic heterocycles. The van der Waals surface area contributed by atoms with E-state index < -0.39 is 0 Å². The van der Waals surface area contributed by atoms with E-state index in [9.17, 15) is 4.39 Å². The SMILES string of the molecule is CCNc1cc(C(C)C)c(F)cc1Cl. The molecular weight excluding hydrogens is 201 g/mol. The van der Waals surface area contributed by atoms with Gasteiger partial charge in [0.2, 0.25) is 0 Å². The summed E-state index contributed by atoms with van der Waals surface area (Å²) in [6.07, 6.45) is 0. The molecule has 1 nitrogen and oxygen atoms in total. The molecule has 0 saturated heterocycles. The predicted octanol–water partition coefficient (Wildman–Crippen LogP) is 4.03. The molecule has 0 unspecified atom stereocenters. The Morgan fingerprint density at radius 2 is 2.07 bits per heavy atom. The average Bonchev–Trinajstić information content (AvgIpc) is 2.09. The second-order valence-corrected chi connectivity index (χ2v) is 3.95. The van der Waals surface area contributed by atoms with E-state index in [4.69, 9.17) is 11.6 Å². The van der Waals surface area contributed by atoms with Crippen LogP contribution in [0.5, 0.6) is 0 Å². The first kappa shape index (κ1) is 11.3. The third kappa shape index (κ3) is 2.38. The summed E-state index contributed by atoms with van der Waals surface area (Å²) >= 11 is 5.88. The highest BCUT2D eigenvalue weighted by molar-refractivity contribution is 6.33. The summed E-state index contributed by atoms with van der Waals surface area (Å²) in [6.45, 7) is 6.68. The predicted molar refractivity (Wildman–Crippen MR) is 59.7 cm³/mol. The maximum atomic E-state index is 13.4. The molecule has 0 bridgehead atoms. The maximum absolute atomic E-state index is 13.4. The van der Waals surface area contributed by atoms with Gasteiger partial charge in [0.25, 0.3) is 0 Å². The molecule has 0 spiro atoms. The van der Waals surface area contributed by atoms with Gasteiger partial charge in [-0.05, 0) is 30.5 Å². The van der Waals surface area contributed by atoms with Crippen LogP contribution in [0, 0.1) is 5.82 Å². The first-order valence-corrected chi connectivity index (χ1v) is 5.16. The van der Waals surface area contributed by atoms with Gasteiger partial charge in [-0.2, -0.15) is 0 Å². The van der Waals surface area contributed by atoms with Crippen LogP contribution < -0.4 is 5.32 Å². The van der Waals surface area contributed by atoms with E-state index in [-0.39, 0.29) is 11.7 Å². The fourth-order valence-corrected chi connectivity index (χ4v) is 1.55. The fourth-order valence-electron chi connectivity index (χ4n) is 1.33. The molecule has 0 heterocycles. The van der Waals surface area contributed by atoms with E-state index in [0.29, 0.717) is 10.6 Å². The molecule has 0 aliphatic rings. The standard InChI is InChI=1S/C11H15ClFN/c1-4-14-11-5-8(7(2)3)10(13)6-9(11)12/h5-7,14H,4H2,1-3H3. The van der Waals surface area contributed by atoms with Crippen molar-refractivity contribution in [2.75, 3.05) is 11.9 Å². The molecular formula is C11H15ClFN. The van der Waals surface area contributed by atoms with Gasteiger partial charge >= 0.3 is 0 Å². The van der Waals surface area contributed by atoms with Crippen molar-refractivity contribution in [2.45, 2.75) is 26.7 Å². The van der Waals surface area contributed by atoms with Crippen LogP contribution in [0.3, 0.4) is 0 Å². The zero-order valence-electron chi connectivity index (χ0n) is 8.70. The van der Waals surface area contributed by atoms with Crippen molar-refractivity contribution in [3.63, 3.8) is 0 Å². The monoisotopic (exact) mass is 215 g/mol. The van der Waals surface area contributed by atoms with Crippen molar-refractivity contribution in [1.29, 1.82) is 0 Å². The van der Waals surface area contributed by atoms with Crippen LogP contribution in [0.15, 0.2) is 12.1 Å². The molecule has 0 aromatic heterocycles. The Hall–Kier alpha value is -0.760. The topological polar surface area (TPSA) is 12.0 Å². The zero-order valence-corrected chi connectivity index (χ0v) is 9.45. The summed E-state index contributed by atoms with van der Waals surface area (Å²) < 4.78 is 13.4. The van der Waals surface area contributed by atoms with Gasteiger partial charge in [0, 0.05) is 6.54 Å². The van der Waals surface area contributed by atoms with E-state index in [1.165, 1.54) is 6.07 Å². The lowest BCUT2D eigenvalue weighted by Gasteiger charge is -2.12. The van der Waals surface area contributed by atoms with Gasteiger partial charge in [0.05, 0.1) is 10.7 Å². The molecule has 1 rings (SSSR count). The first-order valence-electron chi connectivity index (χ1n) is 4.79. The molecule has 0 atom stereocenters. The van der Waals surface area contributed by atoms with Crippen LogP contribution in [0.1, 0.15) is 32.3 Å². The van der Waals surface area contributed by atoms with E-state index in [1.54, 1.807) is 6.07 Å². The van der Waals surface area contributed by atoms with Crippen LogP contribution in [-0.4, -0.2) is 6.54 Å². The Labute approximate surface area is 89.3 Å². The van der Waals surface area contributed by atoms with Gasteiger partial charge < -0.3 is 5.32 Å². The smallest absolute Gasteiger partial charge is 0.128 e. The second kappa shape index (κ2) is 4.65. The minimum atomic E-state index is -0.230. The minimum absolute atomic E-state index is 0.171. The third-order valence-corrected chi connectivity index (χ3v) is 2.39. The van der Waals surface area contributed by atoms with E-state index in [2.05, 4.69) is 5.32 Å². The number of benzene rings is 1. The number of halogens is 2. The molecule has 0 saturated carbocycles. The molecule has 0 radical (unpaired) electrons. The van der Waals surface area contributed by atoms with Crippen LogP contribution in [-0.2, 0) is 0 Å². The Bertz CT molecular complexity index is 323. The minimum Gasteiger partial charge on any atom is -0.384 e. The highest BCUT2D eigenvalue weighted by Crippen LogP contribution is 2.29. The number of anilines is 1. The van der Waals surface area contributed by atoms with E-state index >= 15 is 0 Å². The number of rotatable bonds is 3. The molecule has 3 heteroatoms. The van der Waals surface area contributed by atoms with Crippen molar-refractivity contribution < 1.29 is 4.39 Å². The zero-order chi connectivity index (χ0) is 10.7. The van der Waals surface area contributed by atoms with Gasteiger partial charge in [-0.1, -0.05) is 25.4 Å². The summed E-state index contributed by atoms with van der Waals surface area (Å²) in [5.41, 5.74) is 1.50. The van der Waals surface area contributed by atoms with Crippen molar-refractivity contribution in [3.8, 4) is 0 Å². The van der Waals surface area contributed by atoms with E-state index in [1.807, 2.05) is 20.8 Å². The molecule has 78 valence electrons. The van der Waals surface area contributed by atoms with Gasteiger partial charge in [0.15, 0.2) is 0 Å². The Morgan fingerprint density at radius 3 is 2.57 bits per heavy atom. The van der Waals surface area contributed by atoms with Crippen LogP contribution in [0.2, 0.25) is 5.02 Å². The van der Waals surface area contributed by atoms with Crippen LogP contribution in [0.4, 0.5) is 10.1 Å². The molecule has 1 N–H and O–H groups in total. The largest absolute Gasteiger partial charge is 0.384 e. The molecule has 0 aliphatic carbocycles. The molecule has 14 heavy (non-hydrogen) atoms. The second-order valence-electron chi connectivity index (χ2n) is 3.54. The van der Waals surface area contributed by atoms with Crippen LogP contribution >= 0.6 is 11.6 Å². The number of hydrogen-bond donors (Lipinski definition) is 1. The maximum Gasteiger partial charge on any atom is 0.128 e. The summed E-state index contributed by atoms with van der Waals surface area (Å²) in [4.78, 5) is 0. The van der Waals surface area contributed by atoms with Gasteiger partial charge in [0.1, 0.15) is 5.82 Å². The molecule has 1 aromatic carbocycles. The summed E-state index contributed by atoms with van der Waals surface area (Å²) in [6, 6.07) is 3.15. The fraction of sp³-hybridized carbons (Fsp3) is 0.455.